The molecule has 1 fully saturated rings. The molecule has 2 rings (SSSR count). The number of rotatable bonds is 2. The van der Waals surface area contributed by atoms with E-state index >= 15 is 0 Å². The van der Waals surface area contributed by atoms with E-state index in [4.69, 9.17) is 5.11 Å². The van der Waals surface area contributed by atoms with E-state index < -0.39 is 40.3 Å². The van der Waals surface area contributed by atoms with Crippen molar-refractivity contribution in [2.45, 2.75) is 24.9 Å². The van der Waals surface area contributed by atoms with E-state index in [-0.39, 0.29) is 37.7 Å². The highest BCUT2D eigenvalue weighted by Crippen LogP contribution is 2.38. The fourth-order valence-corrected chi connectivity index (χ4v) is 2.48. The minimum atomic E-state index is -5.09. The maximum atomic E-state index is 13.6. The van der Waals surface area contributed by atoms with Crippen molar-refractivity contribution in [3.63, 3.8) is 0 Å². The summed E-state index contributed by atoms with van der Waals surface area (Å²) in [5.74, 6) is -2.50. The van der Waals surface area contributed by atoms with Gasteiger partial charge in [0.25, 0.3) is 5.69 Å². The van der Waals surface area contributed by atoms with Crippen molar-refractivity contribution in [1.29, 1.82) is 0 Å². The summed E-state index contributed by atoms with van der Waals surface area (Å²) in [7, 11) is 0. The van der Waals surface area contributed by atoms with Crippen molar-refractivity contribution in [2.24, 2.45) is 0 Å². The van der Waals surface area contributed by atoms with Crippen molar-refractivity contribution in [2.75, 3.05) is 13.1 Å². The highest BCUT2D eigenvalue weighted by atomic mass is 19.4. The van der Waals surface area contributed by atoms with Crippen LogP contribution in [0.5, 0.6) is 0 Å². The number of carboxylic acid groups (broad SMARTS) is 1. The Bertz CT molecular complexity index is 642. The fraction of sp³-hybridized carbons (Fsp3) is 0.500. The van der Waals surface area contributed by atoms with Gasteiger partial charge in [-0.1, -0.05) is 0 Å². The predicted molar refractivity (Wildman–Crippen MR) is 67.4 cm³/mol. The molecule has 1 saturated heterocycles. The zero-order valence-electron chi connectivity index (χ0n) is 11.5. The first-order valence-corrected chi connectivity index (χ1v) is 6.51. The molecule has 0 radical (unpaired) electrons. The Labute approximate surface area is 126 Å². The zero-order valence-corrected chi connectivity index (χ0v) is 11.5. The van der Waals surface area contributed by atoms with Crippen molar-refractivity contribution in [3.05, 3.63) is 33.4 Å². The van der Waals surface area contributed by atoms with E-state index in [2.05, 4.69) is 4.98 Å². The molecular weight excluding hydrogens is 326 g/mol. The second kappa shape index (κ2) is 5.97. The SMILES string of the molecule is O=C(O)N1CCC(c2nc(F)c(C(F)(F)F)cc2[N+](=O)[O-])CC1. The number of aromatic nitrogens is 1. The summed E-state index contributed by atoms with van der Waals surface area (Å²) in [6.07, 6.45) is -6.02. The molecule has 23 heavy (non-hydrogen) atoms. The molecule has 0 spiro atoms. The first kappa shape index (κ1) is 16.9. The van der Waals surface area contributed by atoms with Gasteiger partial charge in [-0.05, 0) is 12.8 Å². The van der Waals surface area contributed by atoms with Gasteiger partial charge in [-0.15, -0.1) is 0 Å². The predicted octanol–water partition coefficient (Wildman–Crippen LogP) is 3.01. The van der Waals surface area contributed by atoms with Crippen LogP contribution in [0.15, 0.2) is 6.07 Å². The highest BCUT2D eigenvalue weighted by molar-refractivity contribution is 5.65. The minimum absolute atomic E-state index is 0.0431. The van der Waals surface area contributed by atoms with Gasteiger partial charge in [-0.3, -0.25) is 10.1 Å². The summed E-state index contributed by atoms with van der Waals surface area (Å²) < 4.78 is 51.5. The summed E-state index contributed by atoms with van der Waals surface area (Å²) in [4.78, 5) is 25.0. The molecule has 0 bridgehead atoms. The van der Waals surface area contributed by atoms with Gasteiger partial charge in [-0.25, -0.2) is 9.78 Å². The Hall–Kier alpha value is -2.46. The molecule has 0 saturated carbocycles. The van der Waals surface area contributed by atoms with E-state index in [9.17, 15) is 32.5 Å². The molecule has 11 heteroatoms. The van der Waals surface area contributed by atoms with Gasteiger partial charge < -0.3 is 10.0 Å². The van der Waals surface area contributed by atoms with Crippen LogP contribution in [0, 0.1) is 16.1 Å². The van der Waals surface area contributed by atoms with Crippen LogP contribution in [0.1, 0.15) is 30.0 Å². The third kappa shape index (κ3) is 3.48. The molecule has 1 N–H and O–H groups in total. The molecule has 0 aromatic carbocycles. The van der Waals surface area contributed by atoms with E-state index in [1.54, 1.807) is 0 Å². The molecule has 2 heterocycles. The van der Waals surface area contributed by atoms with Gasteiger partial charge in [0.1, 0.15) is 11.3 Å². The van der Waals surface area contributed by atoms with Crippen LogP contribution >= 0.6 is 0 Å². The molecule has 1 aromatic heterocycles. The molecule has 1 aliphatic rings. The molecule has 0 unspecified atom stereocenters. The van der Waals surface area contributed by atoms with Gasteiger partial charge in [0.15, 0.2) is 0 Å². The average molecular weight is 337 g/mol. The number of nitrogens with zero attached hydrogens (tertiary/aromatic N) is 3. The Morgan fingerprint density at radius 2 is 1.96 bits per heavy atom. The summed E-state index contributed by atoms with van der Waals surface area (Å²) in [6.45, 7) is 0.0863. The van der Waals surface area contributed by atoms with Gasteiger partial charge in [-0.2, -0.15) is 17.6 Å². The summed E-state index contributed by atoms with van der Waals surface area (Å²) >= 11 is 0. The van der Waals surface area contributed by atoms with Gasteiger partial charge in [0.2, 0.25) is 5.95 Å². The van der Waals surface area contributed by atoms with E-state index in [0.717, 1.165) is 4.90 Å². The lowest BCUT2D eigenvalue weighted by Gasteiger charge is -2.29. The van der Waals surface area contributed by atoms with Crippen molar-refractivity contribution in [1.82, 2.24) is 9.88 Å². The van der Waals surface area contributed by atoms with Crippen LogP contribution in [0.4, 0.5) is 28.0 Å². The Morgan fingerprint density at radius 1 is 1.39 bits per heavy atom. The lowest BCUT2D eigenvalue weighted by atomic mass is 9.92. The fourth-order valence-electron chi connectivity index (χ4n) is 2.48. The molecule has 126 valence electrons. The highest BCUT2D eigenvalue weighted by Gasteiger charge is 2.39. The molecular formula is C12H11F4N3O4. The van der Waals surface area contributed by atoms with Crippen molar-refractivity contribution < 1.29 is 32.4 Å². The van der Waals surface area contributed by atoms with Crippen LogP contribution in [0.2, 0.25) is 0 Å². The van der Waals surface area contributed by atoms with E-state index in [0.29, 0.717) is 0 Å². The third-order valence-electron chi connectivity index (χ3n) is 3.64. The number of piperidine rings is 1. The smallest absolute Gasteiger partial charge is 0.421 e. The topological polar surface area (TPSA) is 96.6 Å². The third-order valence-corrected chi connectivity index (χ3v) is 3.64. The molecule has 1 amide bonds. The number of likely N-dealkylation sites (tertiary alicyclic amines) is 1. The van der Waals surface area contributed by atoms with E-state index in [1.165, 1.54) is 0 Å². The maximum absolute atomic E-state index is 13.6. The summed E-state index contributed by atoms with van der Waals surface area (Å²) in [6, 6.07) is 0.140. The Morgan fingerprint density at radius 3 is 2.39 bits per heavy atom. The first-order valence-electron chi connectivity index (χ1n) is 6.51. The normalized spacial score (nSPS) is 16.4. The van der Waals surface area contributed by atoms with Crippen LogP contribution in [0.25, 0.3) is 0 Å². The molecule has 0 aliphatic carbocycles. The summed E-state index contributed by atoms with van der Waals surface area (Å²) in [5, 5.41) is 19.8. The number of hydrogen-bond acceptors (Lipinski definition) is 4. The Kier molecular flexibility index (Phi) is 4.39. The number of pyridine rings is 1. The molecule has 0 atom stereocenters. The Balaban J connectivity index is 2.38. The lowest BCUT2D eigenvalue weighted by molar-refractivity contribution is -0.386. The minimum Gasteiger partial charge on any atom is -0.465 e. The van der Waals surface area contributed by atoms with Crippen molar-refractivity contribution >= 4 is 11.8 Å². The van der Waals surface area contributed by atoms with Gasteiger partial charge >= 0.3 is 12.3 Å². The van der Waals surface area contributed by atoms with Crippen LogP contribution in [0.3, 0.4) is 0 Å². The number of alkyl halides is 3. The standard InChI is InChI=1S/C12H11F4N3O4/c13-10-7(12(14,15)16)5-8(19(22)23)9(17-10)6-1-3-18(4-2-6)11(20)21/h5-6H,1-4H2,(H,20,21). The van der Waals surface area contributed by atoms with Gasteiger partial charge in [0.05, 0.1) is 4.92 Å². The largest absolute Gasteiger partial charge is 0.465 e. The number of carbonyl (C=O) groups is 1. The lowest BCUT2D eigenvalue weighted by Crippen LogP contribution is -2.37. The number of hydrogen-bond donors (Lipinski definition) is 1. The number of halogens is 4. The van der Waals surface area contributed by atoms with E-state index in [1.807, 2.05) is 0 Å². The molecule has 7 nitrogen and oxygen atoms in total. The summed E-state index contributed by atoms with van der Waals surface area (Å²) in [5.41, 5.74) is -3.09. The monoisotopic (exact) mass is 337 g/mol. The van der Waals surface area contributed by atoms with Crippen LogP contribution in [-0.2, 0) is 6.18 Å². The second-order valence-corrected chi connectivity index (χ2v) is 5.03. The second-order valence-electron chi connectivity index (χ2n) is 5.03. The quantitative estimate of drug-likeness (QED) is 0.387. The van der Waals surface area contributed by atoms with Crippen LogP contribution in [-0.4, -0.2) is 39.1 Å². The number of nitro groups is 1. The molecule has 1 aromatic rings. The molecule has 1 aliphatic heterocycles. The first-order chi connectivity index (χ1) is 10.6. The number of amides is 1. The zero-order chi connectivity index (χ0) is 17.4. The van der Waals surface area contributed by atoms with Gasteiger partial charge in [0, 0.05) is 25.1 Å². The maximum Gasteiger partial charge on any atom is 0.421 e. The van der Waals surface area contributed by atoms with Crippen molar-refractivity contribution in [3.8, 4) is 0 Å². The average Bonchev–Trinajstić information content (AvgIpc) is 2.45. The van der Waals surface area contributed by atoms with Crippen LogP contribution < -0.4 is 0 Å².